The first kappa shape index (κ1) is 19.4. The summed E-state index contributed by atoms with van der Waals surface area (Å²) in [6.07, 6.45) is 0.437. The third kappa shape index (κ3) is 5.55. The molecule has 0 saturated carbocycles. The van der Waals surface area contributed by atoms with Crippen LogP contribution in [0.4, 0.5) is 4.79 Å². The van der Waals surface area contributed by atoms with Gasteiger partial charge in [-0.05, 0) is 38.3 Å². The number of nitrogens with one attached hydrogen (secondary N) is 1. The lowest BCUT2D eigenvalue weighted by Crippen LogP contribution is -2.37. The molecule has 2 aromatic rings. The molecular formula is C22H28N2O3. The first-order valence-electron chi connectivity index (χ1n) is 9.41. The lowest BCUT2D eigenvalue weighted by molar-refractivity contribution is -0.0340. The Hall–Kier alpha value is -2.37. The Morgan fingerprint density at radius 2 is 1.59 bits per heavy atom. The highest BCUT2D eigenvalue weighted by atomic mass is 16.7. The normalized spacial score (nSPS) is 17.3. The highest BCUT2D eigenvalue weighted by Gasteiger charge is 2.31. The van der Waals surface area contributed by atoms with Gasteiger partial charge in [-0.15, -0.1) is 0 Å². The van der Waals surface area contributed by atoms with Crippen molar-refractivity contribution >= 4 is 6.09 Å². The monoisotopic (exact) mass is 368 g/mol. The zero-order chi connectivity index (χ0) is 19.3. The Bertz CT molecular complexity index is 689. The molecule has 0 bridgehead atoms. The van der Waals surface area contributed by atoms with Gasteiger partial charge >= 0.3 is 6.09 Å². The van der Waals surface area contributed by atoms with Crippen molar-refractivity contribution in [1.29, 1.82) is 0 Å². The van der Waals surface area contributed by atoms with Gasteiger partial charge in [0.15, 0.2) is 0 Å². The maximum atomic E-state index is 12.2. The fourth-order valence-corrected chi connectivity index (χ4v) is 3.10. The van der Waals surface area contributed by atoms with Crippen LogP contribution in [0.3, 0.4) is 0 Å². The van der Waals surface area contributed by atoms with Gasteiger partial charge in [-0.3, -0.25) is 4.84 Å². The zero-order valence-electron chi connectivity index (χ0n) is 16.2. The summed E-state index contributed by atoms with van der Waals surface area (Å²) in [5.74, 6) is 0. The quantitative estimate of drug-likeness (QED) is 0.799. The number of hydrogen-bond acceptors (Lipinski definition) is 4. The summed E-state index contributed by atoms with van der Waals surface area (Å²) in [6, 6.07) is 20.3. The predicted molar refractivity (Wildman–Crippen MR) is 105 cm³/mol. The number of carbonyl (C=O) groups excluding carboxylic acids is 1. The van der Waals surface area contributed by atoms with Gasteiger partial charge in [-0.25, -0.2) is 4.79 Å². The first-order valence-corrected chi connectivity index (χ1v) is 9.41. The second-order valence-electron chi connectivity index (χ2n) is 7.83. The standard InChI is InChI=1S/C22H28N2O3/c1-22(2,3)26-21(25)24-15-14-19(16-24)27-23-20(17-10-6-4-7-11-17)18-12-8-5-9-13-18/h4-13,19-20,23H,14-16H2,1-3H3/t19-/m1/s1. The topological polar surface area (TPSA) is 50.8 Å². The number of benzene rings is 2. The molecule has 1 atom stereocenters. The number of hydroxylamine groups is 1. The maximum Gasteiger partial charge on any atom is 0.410 e. The average molecular weight is 368 g/mol. The minimum atomic E-state index is -0.486. The Kier molecular flexibility index (Phi) is 6.14. The van der Waals surface area contributed by atoms with Crippen LogP contribution in [0.5, 0.6) is 0 Å². The highest BCUT2D eigenvalue weighted by molar-refractivity contribution is 5.68. The molecule has 0 spiro atoms. The fourth-order valence-electron chi connectivity index (χ4n) is 3.10. The molecule has 1 N–H and O–H groups in total. The Labute approximate surface area is 161 Å². The van der Waals surface area contributed by atoms with Crippen molar-refractivity contribution in [2.75, 3.05) is 13.1 Å². The maximum absolute atomic E-state index is 12.2. The summed E-state index contributed by atoms with van der Waals surface area (Å²) >= 11 is 0. The summed E-state index contributed by atoms with van der Waals surface area (Å²) in [7, 11) is 0. The van der Waals surface area contributed by atoms with Gasteiger partial charge in [0.25, 0.3) is 0 Å². The number of ether oxygens (including phenoxy) is 1. The van der Waals surface area contributed by atoms with Crippen LogP contribution in [-0.2, 0) is 9.57 Å². The van der Waals surface area contributed by atoms with Crippen molar-refractivity contribution in [2.45, 2.75) is 44.9 Å². The summed E-state index contributed by atoms with van der Waals surface area (Å²) in [6.45, 7) is 6.79. The molecule has 1 saturated heterocycles. The van der Waals surface area contributed by atoms with Crippen molar-refractivity contribution in [3.05, 3.63) is 71.8 Å². The molecular weight excluding hydrogens is 340 g/mol. The lowest BCUT2D eigenvalue weighted by atomic mass is 10.00. The second-order valence-corrected chi connectivity index (χ2v) is 7.83. The van der Waals surface area contributed by atoms with Crippen molar-refractivity contribution in [3.8, 4) is 0 Å². The molecule has 1 fully saturated rings. The van der Waals surface area contributed by atoms with E-state index in [1.165, 1.54) is 0 Å². The van der Waals surface area contributed by atoms with Gasteiger partial charge in [-0.1, -0.05) is 60.7 Å². The third-order valence-corrected chi connectivity index (χ3v) is 4.42. The van der Waals surface area contributed by atoms with Gasteiger partial charge in [0.1, 0.15) is 5.60 Å². The Morgan fingerprint density at radius 3 is 2.11 bits per heavy atom. The molecule has 144 valence electrons. The number of nitrogens with zero attached hydrogens (tertiary/aromatic N) is 1. The summed E-state index contributed by atoms with van der Waals surface area (Å²) < 4.78 is 5.45. The summed E-state index contributed by atoms with van der Waals surface area (Å²) in [5, 5.41) is 0. The van der Waals surface area contributed by atoms with E-state index in [-0.39, 0.29) is 18.2 Å². The SMILES string of the molecule is CC(C)(C)OC(=O)N1CC[C@@H](ONC(c2ccccc2)c2ccccc2)C1. The first-order chi connectivity index (χ1) is 12.9. The van der Waals surface area contributed by atoms with Crippen molar-refractivity contribution in [2.24, 2.45) is 0 Å². The number of rotatable bonds is 5. The van der Waals surface area contributed by atoms with Crippen LogP contribution >= 0.6 is 0 Å². The van der Waals surface area contributed by atoms with E-state index in [9.17, 15) is 4.79 Å². The van der Waals surface area contributed by atoms with Crippen LogP contribution < -0.4 is 5.48 Å². The Morgan fingerprint density at radius 1 is 1.04 bits per heavy atom. The minimum absolute atomic E-state index is 0.0626. The molecule has 5 heteroatoms. The zero-order valence-corrected chi connectivity index (χ0v) is 16.2. The van der Waals surface area contributed by atoms with Crippen LogP contribution in [0.25, 0.3) is 0 Å². The molecule has 0 radical (unpaired) electrons. The smallest absolute Gasteiger partial charge is 0.410 e. The molecule has 0 aliphatic carbocycles. The second kappa shape index (κ2) is 8.55. The summed E-state index contributed by atoms with van der Waals surface area (Å²) in [4.78, 5) is 19.9. The van der Waals surface area contributed by atoms with Crippen molar-refractivity contribution < 1.29 is 14.4 Å². The minimum Gasteiger partial charge on any atom is -0.444 e. The van der Waals surface area contributed by atoms with E-state index in [1.54, 1.807) is 4.90 Å². The van der Waals surface area contributed by atoms with E-state index in [0.29, 0.717) is 13.1 Å². The van der Waals surface area contributed by atoms with Crippen LogP contribution in [0, 0.1) is 0 Å². The summed E-state index contributed by atoms with van der Waals surface area (Å²) in [5.41, 5.74) is 5.00. The number of hydrogen-bond donors (Lipinski definition) is 1. The molecule has 0 unspecified atom stereocenters. The molecule has 1 amide bonds. The highest BCUT2D eigenvalue weighted by Crippen LogP contribution is 2.23. The van der Waals surface area contributed by atoms with Gasteiger partial charge in [0, 0.05) is 6.54 Å². The van der Waals surface area contributed by atoms with E-state index in [4.69, 9.17) is 9.57 Å². The van der Waals surface area contributed by atoms with Gasteiger partial charge in [0.05, 0.1) is 18.7 Å². The van der Waals surface area contributed by atoms with Crippen molar-refractivity contribution in [3.63, 3.8) is 0 Å². The molecule has 1 aliphatic rings. The number of amides is 1. The number of likely N-dealkylation sites (tertiary alicyclic amines) is 1. The predicted octanol–water partition coefficient (Wildman–Crippen LogP) is 4.31. The average Bonchev–Trinajstić information content (AvgIpc) is 3.12. The molecule has 1 aliphatic heterocycles. The van der Waals surface area contributed by atoms with E-state index in [0.717, 1.165) is 17.5 Å². The van der Waals surface area contributed by atoms with Crippen molar-refractivity contribution in [1.82, 2.24) is 10.4 Å². The van der Waals surface area contributed by atoms with Gasteiger partial charge in [-0.2, -0.15) is 5.48 Å². The molecule has 0 aromatic heterocycles. The third-order valence-electron chi connectivity index (χ3n) is 4.42. The lowest BCUT2D eigenvalue weighted by Gasteiger charge is -2.25. The molecule has 5 nitrogen and oxygen atoms in total. The number of carbonyl (C=O) groups is 1. The molecule has 2 aromatic carbocycles. The van der Waals surface area contributed by atoms with Crippen LogP contribution in [-0.4, -0.2) is 35.8 Å². The van der Waals surface area contributed by atoms with E-state index >= 15 is 0 Å². The largest absolute Gasteiger partial charge is 0.444 e. The van der Waals surface area contributed by atoms with E-state index in [2.05, 4.69) is 29.7 Å². The van der Waals surface area contributed by atoms with Crippen LogP contribution in [0.15, 0.2) is 60.7 Å². The van der Waals surface area contributed by atoms with Crippen LogP contribution in [0.1, 0.15) is 44.4 Å². The Balaban J connectivity index is 1.61. The van der Waals surface area contributed by atoms with E-state index in [1.807, 2.05) is 57.2 Å². The molecule has 3 rings (SSSR count). The van der Waals surface area contributed by atoms with Gasteiger partial charge < -0.3 is 9.64 Å². The van der Waals surface area contributed by atoms with Gasteiger partial charge in [0.2, 0.25) is 0 Å². The molecule has 1 heterocycles. The van der Waals surface area contributed by atoms with E-state index < -0.39 is 5.60 Å². The fraction of sp³-hybridized carbons (Fsp3) is 0.409. The van der Waals surface area contributed by atoms with Crippen LogP contribution in [0.2, 0.25) is 0 Å². The molecule has 27 heavy (non-hydrogen) atoms.